The zero-order valence-corrected chi connectivity index (χ0v) is 26.1. The van der Waals surface area contributed by atoms with Crippen molar-refractivity contribution in [1.29, 1.82) is 5.26 Å². The molecule has 5 rings (SSSR count). The number of nitrogens with zero attached hydrogens (tertiary/aromatic N) is 4. The second kappa shape index (κ2) is 13.0. The molecule has 11 heteroatoms. The number of fused-ring (bicyclic) bond motifs is 1. The van der Waals surface area contributed by atoms with E-state index in [0.717, 1.165) is 37.8 Å². The molecule has 3 aromatic carbocycles. The van der Waals surface area contributed by atoms with Crippen LogP contribution >= 0.6 is 23.4 Å². The SMILES string of the molecule is CC(=CCCOS(=O)(=O)c1ccc(C)cc1)c1ccc2c(Nc3ccc(Sc4nccn4C)c(Cl)c3)c(C#N)cnc2c1. The highest BCUT2D eigenvalue weighted by Gasteiger charge is 2.15. The number of benzene rings is 3. The molecule has 218 valence electrons. The van der Waals surface area contributed by atoms with Crippen LogP contribution in [0.5, 0.6) is 0 Å². The fraction of sp³-hybridized carbons (Fsp3) is 0.156. The first kappa shape index (κ1) is 30.3. The molecule has 0 aliphatic heterocycles. The maximum absolute atomic E-state index is 12.4. The molecule has 0 atom stereocenters. The van der Waals surface area contributed by atoms with Crippen LogP contribution in [0.4, 0.5) is 11.4 Å². The van der Waals surface area contributed by atoms with E-state index in [2.05, 4.69) is 21.4 Å². The smallest absolute Gasteiger partial charge is 0.296 e. The summed E-state index contributed by atoms with van der Waals surface area (Å²) in [6.45, 7) is 3.87. The molecule has 0 spiro atoms. The average Bonchev–Trinajstić information content (AvgIpc) is 3.40. The fourth-order valence-electron chi connectivity index (χ4n) is 4.34. The van der Waals surface area contributed by atoms with Gasteiger partial charge in [0.05, 0.1) is 33.3 Å². The number of rotatable bonds is 10. The van der Waals surface area contributed by atoms with Crippen LogP contribution in [-0.4, -0.2) is 29.6 Å². The molecule has 0 aliphatic carbocycles. The van der Waals surface area contributed by atoms with E-state index in [1.807, 2.05) is 74.1 Å². The van der Waals surface area contributed by atoms with E-state index in [4.69, 9.17) is 15.8 Å². The van der Waals surface area contributed by atoms with Gasteiger partial charge in [0.1, 0.15) is 6.07 Å². The Labute approximate surface area is 260 Å². The summed E-state index contributed by atoms with van der Waals surface area (Å²) in [4.78, 5) is 9.86. The topological polar surface area (TPSA) is 110 Å². The van der Waals surface area contributed by atoms with Crippen molar-refractivity contribution in [2.24, 2.45) is 7.05 Å². The summed E-state index contributed by atoms with van der Waals surface area (Å²) in [5, 5.41) is 15.3. The zero-order chi connectivity index (χ0) is 30.6. The molecule has 2 aromatic heterocycles. The van der Waals surface area contributed by atoms with Crippen LogP contribution in [0.15, 0.2) is 100 Å². The van der Waals surface area contributed by atoms with Crippen LogP contribution in [0.3, 0.4) is 0 Å². The molecule has 0 radical (unpaired) electrons. The zero-order valence-electron chi connectivity index (χ0n) is 23.7. The van der Waals surface area contributed by atoms with Crippen molar-refractivity contribution < 1.29 is 12.6 Å². The molecular weight excluding hydrogens is 602 g/mol. The Morgan fingerprint density at radius 1 is 1.14 bits per heavy atom. The quantitative estimate of drug-likeness (QED) is 0.123. The lowest BCUT2D eigenvalue weighted by molar-refractivity contribution is 0.325. The standard InChI is InChI=1S/C32H28ClN5O3S2/c1-21-6-10-26(11-7-21)43(39,40)41-16-4-5-22(2)23-8-12-27-29(17-23)36-20-24(19-34)31(27)37-25-9-13-30(28(33)18-25)42-32-35-14-15-38(32)3/h5-15,17-18,20H,4,16H2,1-3H3,(H,36,37). The minimum absolute atomic E-state index is 0.0283. The predicted molar refractivity (Wildman–Crippen MR) is 171 cm³/mol. The molecule has 0 aliphatic rings. The van der Waals surface area contributed by atoms with Gasteiger partial charge in [-0.3, -0.25) is 9.17 Å². The second-order valence-corrected chi connectivity index (χ2v) is 12.9. The van der Waals surface area contributed by atoms with Crippen molar-refractivity contribution in [3.8, 4) is 6.07 Å². The van der Waals surface area contributed by atoms with Gasteiger partial charge in [-0.15, -0.1) is 0 Å². The van der Waals surface area contributed by atoms with Gasteiger partial charge in [0.25, 0.3) is 10.1 Å². The molecule has 1 N–H and O–H groups in total. The van der Waals surface area contributed by atoms with Crippen molar-refractivity contribution in [2.75, 3.05) is 11.9 Å². The number of nitriles is 1. The monoisotopic (exact) mass is 629 g/mol. The predicted octanol–water partition coefficient (Wildman–Crippen LogP) is 7.90. The first-order chi connectivity index (χ1) is 20.6. The van der Waals surface area contributed by atoms with Gasteiger partial charge in [-0.25, -0.2) is 4.98 Å². The first-order valence-corrected chi connectivity index (χ1v) is 15.9. The van der Waals surface area contributed by atoms with Gasteiger partial charge in [0.15, 0.2) is 5.16 Å². The van der Waals surface area contributed by atoms with Gasteiger partial charge in [-0.05, 0) is 67.8 Å². The number of nitrogens with one attached hydrogen (secondary N) is 1. The highest BCUT2D eigenvalue weighted by atomic mass is 35.5. The number of pyridine rings is 1. The molecule has 5 aromatic rings. The number of aryl methyl sites for hydroxylation is 2. The van der Waals surface area contributed by atoms with E-state index in [-0.39, 0.29) is 11.5 Å². The summed E-state index contributed by atoms with van der Waals surface area (Å²) in [6, 6.07) is 20.2. The maximum Gasteiger partial charge on any atom is 0.296 e. The van der Waals surface area contributed by atoms with Gasteiger partial charge in [-0.1, -0.05) is 59.3 Å². The lowest BCUT2D eigenvalue weighted by Gasteiger charge is -2.14. The summed E-state index contributed by atoms with van der Waals surface area (Å²) in [5.41, 5.74) is 5.33. The van der Waals surface area contributed by atoms with Crippen LogP contribution in [0.2, 0.25) is 5.02 Å². The number of halogens is 1. The van der Waals surface area contributed by atoms with E-state index in [9.17, 15) is 13.7 Å². The Morgan fingerprint density at radius 2 is 1.93 bits per heavy atom. The Bertz CT molecular complexity index is 1980. The first-order valence-electron chi connectivity index (χ1n) is 13.3. The molecule has 0 amide bonds. The normalized spacial score (nSPS) is 11.9. The lowest BCUT2D eigenvalue weighted by Crippen LogP contribution is -2.07. The largest absolute Gasteiger partial charge is 0.354 e. The number of allylic oxidation sites excluding steroid dienone is 1. The average molecular weight is 630 g/mol. The molecule has 8 nitrogen and oxygen atoms in total. The van der Waals surface area contributed by atoms with Gasteiger partial charge in [0, 0.05) is 41.6 Å². The second-order valence-electron chi connectivity index (χ2n) is 9.85. The minimum Gasteiger partial charge on any atom is -0.354 e. The molecule has 0 fully saturated rings. The Kier molecular flexibility index (Phi) is 9.18. The van der Waals surface area contributed by atoms with E-state index < -0.39 is 10.1 Å². The minimum atomic E-state index is -3.81. The number of aromatic nitrogens is 3. The third-order valence-electron chi connectivity index (χ3n) is 6.74. The lowest BCUT2D eigenvalue weighted by atomic mass is 10.0. The Balaban J connectivity index is 1.31. The van der Waals surface area contributed by atoms with Crippen LogP contribution < -0.4 is 5.32 Å². The third-order valence-corrected chi connectivity index (χ3v) is 9.64. The Morgan fingerprint density at radius 3 is 2.63 bits per heavy atom. The van der Waals surface area contributed by atoms with E-state index in [0.29, 0.717) is 28.2 Å². The van der Waals surface area contributed by atoms with Gasteiger partial charge in [-0.2, -0.15) is 13.7 Å². The van der Waals surface area contributed by atoms with Crippen LogP contribution in [-0.2, 0) is 21.3 Å². The van der Waals surface area contributed by atoms with E-state index in [1.54, 1.807) is 36.7 Å². The van der Waals surface area contributed by atoms with E-state index in [1.165, 1.54) is 11.8 Å². The molecule has 0 bridgehead atoms. The summed E-state index contributed by atoms with van der Waals surface area (Å²) >= 11 is 8.07. The summed E-state index contributed by atoms with van der Waals surface area (Å²) in [6.07, 6.45) is 7.51. The summed E-state index contributed by atoms with van der Waals surface area (Å²) < 4.78 is 32.0. The molecular formula is C32H28ClN5O3S2. The molecule has 2 heterocycles. The van der Waals surface area contributed by atoms with Gasteiger partial charge in [0.2, 0.25) is 0 Å². The van der Waals surface area contributed by atoms with Gasteiger partial charge < -0.3 is 9.88 Å². The van der Waals surface area contributed by atoms with Crippen LogP contribution in [0.25, 0.3) is 16.5 Å². The summed E-state index contributed by atoms with van der Waals surface area (Å²) in [5.74, 6) is 0. The van der Waals surface area contributed by atoms with Crippen LogP contribution in [0, 0.1) is 18.3 Å². The van der Waals surface area contributed by atoms with Crippen molar-refractivity contribution in [3.63, 3.8) is 0 Å². The molecule has 0 saturated carbocycles. The Hall–Kier alpha value is -4.14. The molecule has 43 heavy (non-hydrogen) atoms. The highest BCUT2D eigenvalue weighted by Crippen LogP contribution is 2.36. The highest BCUT2D eigenvalue weighted by molar-refractivity contribution is 7.99. The van der Waals surface area contributed by atoms with E-state index >= 15 is 0 Å². The summed E-state index contributed by atoms with van der Waals surface area (Å²) in [7, 11) is -1.89. The number of hydrogen-bond acceptors (Lipinski definition) is 8. The fourth-order valence-corrected chi connectivity index (χ4v) is 6.36. The number of hydrogen-bond donors (Lipinski definition) is 1. The molecule has 0 saturated heterocycles. The molecule has 0 unspecified atom stereocenters. The van der Waals surface area contributed by atoms with Crippen molar-refractivity contribution in [1.82, 2.24) is 14.5 Å². The number of anilines is 2. The van der Waals surface area contributed by atoms with Crippen molar-refractivity contribution in [2.45, 2.75) is 35.2 Å². The van der Waals surface area contributed by atoms with Crippen molar-refractivity contribution >= 4 is 61.3 Å². The third kappa shape index (κ3) is 7.09. The van der Waals surface area contributed by atoms with Crippen molar-refractivity contribution in [3.05, 3.63) is 107 Å². The van der Waals surface area contributed by atoms with Crippen LogP contribution in [0.1, 0.15) is 30.0 Å². The number of imidazole rings is 1. The van der Waals surface area contributed by atoms with Gasteiger partial charge >= 0.3 is 0 Å². The maximum atomic E-state index is 12.4.